The second kappa shape index (κ2) is 4.14. The molecule has 2 heterocycles. The molecule has 1 unspecified atom stereocenters. The molecule has 0 amide bonds. The Bertz CT molecular complexity index is 616. The van der Waals surface area contributed by atoms with E-state index in [0.29, 0.717) is 13.0 Å². The molecular weight excluding hydrogens is 228 g/mol. The van der Waals surface area contributed by atoms with Gasteiger partial charge in [-0.25, -0.2) is 0 Å². The molecule has 1 aliphatic rings. The summed E-state index contributed by atoms with van der Waals surface area (Å²) in [6.07, 6.45) is 0.686. The summed E-state index contributed by atoms with van der Waals surface area (Å²) in [5.41, 5.74) is 4.83. The van der Waals surface area contributed by atoms with E-state index in [1.54, 1.807) is 0 Å². The van der Waals surface area contributed by atoms with Crippen LogP contribution in [0, 0.1) is 6.92 Å². The predicted octanol–water partition coefficient (Wildman–Crippen LogP) is 1.66. The van der Waals surface area contributed by atoms with Crippen LogP contribution in [0.1, 0.15) is 16.8 Å². The number of methoxy groups -OCH3 is 1. The Morgan fingerprint density at radius 2 is 2.28 bits per heavy atom. The van der Waals surface area contributed by atoms with Crippen molar-refractivity contribution < 1.29 is 9.53 Å². The van der Waals surface area contributed by atoms with Gasteiger partial charge < -0.3 is 9.72 Å². The minimum absolute atomic E-state index is 0.192. The zero-order chi connectivity index (χ0) is 12.7. The summed E-state index contributed by atoms with van der Waals surface area (Å²) >= 11 is 0. The van der Waals surface area contributed by atoms with Crippen molar-refractivity contribution in [2.24, 2.45) is 0 Å². The summed E-state index contributed by atoms with van der Waals surface area (Å²) in [4.78, 5) is 15.1. The van der Waals surface area contributed by atoms with Crippen molar-refractivity contribution >= 4 is 16.9 Å². The SMILES string of the molecule is COC(=O)C1Cc2c([nH]c3c(C)cccc23)CN1. The molecule has 2 N–H and O–H groups in total. The van der Waals surface area contributed by atoms with E-state index in [0.717, 1.165) is 0 Å². The fourth-order valence-electron chi connectivity index (χ4n) is 2.67. The second-order valence-electron chi connectivity index (χ2n) is 4.74. The van der Waals surface area contributed by atoms with Crippen molar-refractivity contribution in [1.82, 2.24) is 10.3 Å². The summed E-state index contributed by atoms with van der Waals surface area (Å²) in [7, 11) is 1.43. The van der Waals surface area contributed by atoms with Gasteiger partial charge in [0, 0.05) is 29.6 Å². The number of esters is 1. The maximum Gasteiger partial charge on any atom is 0.323 e. The molecule has 1 aliphatic heterocycles. The number of aromatic amines is 1. The summed E-state index contributed by atoms with van der Waals surface area (Å²) in [6, 6.07) is 6.02. The Morgan fingerprint density at radius 3 is 3.06 bits per heavy atom. The highest BCUT2D eigenvalue weighted by Gasteiger charge is 2.27. The van der Waals surface area contributed by atoms with Gasteiger partial charge in [-0.3, -0.25) is 10.1 Å². The molecule has 0 bridgehead atoms. The van der Waals surface area contributed by atoms with Gasteiger partial charge in [0.2, 0.25) is 0 Å². The lowest BCUT2D eigenvalue weighted by Crippen LogP contribution is -2.42. The number of H-pyrrole nitrogens is 1. The number of para-hydroxylation sites is 1. The number of hydrogen-bond donors (Lipinski definition) is 2. The zero-order valence-electron chi connectivity index (χ0n) is 10.5. The van der Waals surface area contributed by atoms with Gasteiger partial charge in [0.15, 0.2) is 0 Å². The van der Waals surface area contributed by atoms with Gasteiger partial charge in [0.05, 0.1) is 7.11 Å². The van der Waals surface area contributed by atoms with E-state index < -0.39 is 0 Å². The van der Waals surface area contributed by atoms with Gasteiger partial charge in [-0.15, -0.1) is 0 Å². The normalized spacial score (nSPS) is 18.7. The fraction of sp³-hybridized carbons (Fsp3) is 0.357. The van der Waals surface area contributed by atoms with Crippen LogP contribution in [0.2, 0.25) is 0 Å². The molecule has 0 saturated heterocycles. The maximum absolute atomic E-state index is 11.6. The lowest BCUT2D eigenvalue weighted by Gasteiger charge is -2.21. The lowest BCUT2D eigenvalue weighted by atomic mass is 9.98. The largest absolute Gasteiger partial charge is 0.468 e. The van der Waals surface area contributed by atoms with Crippen molar-refractivity contribution in [3.05, 3.63) is 35.0 Å². The number of ether oxygens (including phenoxy) is 1. The van der Waals surface area contributed by atoms with E-state index in [1.165, 1.54) is 34.8 Å². The number of benzene rings is 1. The third-order valence-electron chi connectivity index (χ3n) is 3.66. The number of fused-ring (bicyclic) bond motifs is 3. The van der Waals surface area contributed by atoms with Gasteiger partial charge in [-0.05, 0) is 18.1 Å². The summed E-state index contributed by atoms with van der Waals surface area (Å²) in [6.45, 7) is 2.78. The predicted molar refractivity (Wildman–Crippen MR) is 69.4 cm³/mol. The van der Waals surface area contributed by atoms with Gasteiger partial charge >= 0.3 is 5.97 Å². The quantitative estimate of drug-likeness (QED) is 0.750. The highest BCUT2D eigenvalue weighted by Crippen LogP contribution is 2.28. The monoisotopic (exact) mass is 244 g/mol. The minimum Gasteiger partial charge on any atom is -0.468 e. The summed E-state index contributed by atoms with van der Waals surface area (Å²) in [5, 5.41) is 4.42. The van der Waals surface area contributed by atoms with Crippen LogP contribution in [0.3, 0.4) is 0 Å². The molecule has 4 heteroatoms. The Morgan fingerprint density at radius 1 is 1.44 bits per heavy atom. The molecule has 1 aromatic heterocycles. The van der Waals surface area contributed by atoms with Gasteiger partial charge in [-0.2, -0.15) is 0 Å². The Hall–Kier alpha value is -1.81. The molecule has 4 nitrogen and oxygen atoms in total. The van der Waals surface area contributed by atoms with Crippen LogP contribution in [-0.4, -0.2) is 24.1 Å². The highest BCUT2D eigenvalue weighted by atomic mass is 16.5. The molecule has 18 heavy (non-hydrogen) atoms. The Labute approximate surface area is 105 Å². The third kappa shape index (κ3) is 1.61. The topological polar surface area (TPSA) is 54.1 Å². The van der Waals surface area contributed by atoms with E-state index in [9.17, 15) is 4.79 Å². The van der Waals surface area contributed by atoms with E-state index >= 15 is 0 Å². The minimum atomic E-state index is -0.234. The number of carbonyl (C=O) groups is 1. The van der Waals surface area contributed by atoms with Crippen LogP contribution >= 0.6 is 0 Å². The van der Waals surface area contributed by atoms with Gasteiger partial charge in [0.1, 0.15) is 6.04 Å². The summed E-state index contributed by atoms with van der Waals surface area (Å²) < 4.78 is 4.81. The maximum atomic E-state index is 11.6. The van der Waals surface area contributed by atoms with E-state index in [-0.39, 0.29) is 12.0 Å². The molecule has 3 rings (SSSR count). The van der Waals surface area contributed by atoms with Crippen LogP contribution < -0.4 is 5.32 Å². The highest BCUT2D eigenvalue weighted by molar-refractivity contribution is 5.88. The van der Waals surface area contributed by atoms with Crippen molar-refractivity contribution in [1.29, 1.82) is 0 Å². The fourth-order valence-corrected chi connectivity index (χ4v) is 2.67. The first-order valence-corrected chi connectivity index (χ1v) is 6.11. The van der Waals surface area contributed by atoms with Crippen molar-refractivity contribution in [2.45, 2.75) is 25.9 Å². The molecule has 1 aromatic carbocycles. The van der Waals surface area contributed by atoms with Crippen molar-refractivity contribution in [3.8, 4) is 0 Å². The Kier molecular flexibility index (Phi) is 2.59. The third-order valence-corrected chi connectivity index (χ3v) is 3.66. The van der Waals surface area contributed by atoms with Crippen LogP contribution in [-0.2, 0) is 22.5 Å². The first kappa shape index (κ1) is 11.3. The molecule has 0 radical (unpaired) electrons. The first-order chi connectivity index (χ1) is 8.70. The summed E-state index contributed by atoms with van der Waals surface area (Å²) in [5.74, 6) is -0.192. The number of carbonyl (C=O) groups excluding carboxylic acids is 1. The smallest absolute Gasteiger partial charge is 0.323 e. The number of aryl methyl sites for hydroxylation is 1. The molecule has 0 aliphatic carbocycles. The zero-order valence-corrected chi connectivity index (χ0v) is 10.5. The average Bonchev–Trinajstić information content (AvgIpc) is 2.77. The van der Waals surface area contributed by atoms with Crippen LogP contribution in [0.4, 0.5) is 0 Å². The number of nitrogens with one attached hydrogen (secondary N) is 2. The second-order valence-corrected chi connectivity index (χ2v) is 4.74. The molecule has 2 aromatic rings. The van der Waals surface area contributed by atoms with E-state index in [1.807, 2.05) is 0 Å². The van der Waals surface area contributed by atoms with Crippen LogP contribution in [0.25, 0.3) is 10.9 Å². The number of aromatic nitrogens is 1. The number of hydrogen-bond acceptors (Lipinski definition) is 3. The first-order valence-electron chi connectivity index (χ1n) is 6.11. The number of rotatable bonds is 1. The standard InChI is InChI=1S/C14H16N2O2/c1-8-4-3-5-9-10-6-11(14(17)18-2)15-7-12(10)16-13(8)9/h3-5,11,15-16H,6-7H2,1-2H3. The van der Waals surface area contributed by atoms with Crippen LogP contribution in [0.5, 0.6) is 0 Å². The molecule has 1 atom stereocenters. The lowest BCUT2D eigenvalue weighted by molar-refractivity contribution is -0.143. The van der Waals surface area contributed by atoms with Crippen molar-refractivity contribution in [3.63, 3.8) is 0 Å². The molecule has 0 spiro atoms. The molecular formula is C14H16N2O2. The van der Waals surface area contributed by atoms with E-state index in [2.05, 4.69) is 35.4 Å². The molecule has 94 valence electrons. The average molecular weight is 244 g/mol. The van der Waals surface area contributed by atoms with Crippen molar-refractivity contribution in [2.75, 3.05) is 7.11 Å². The van der Waals surface area contributed by atoms with E-state index in [4.69, 9.17) is 4.74 Å². The Balaban J connectivity index is 2.07. The molecule has 0 saturated carbocycles. The molecule has 0 fully saturated rings. The van der Waals surface area contributed by atoms with Gasteiger partial charge in [0.25, 0.3) is 0 Å². The van der Waals surface area contributed by atoms with Gasteiger partial charge in [-0.1, -0.05) is 18.2 Å². The van der Waals surface area contributed by atoms with Crippen LogP contribution in [0.15, 0.2) is 18.2 Å².